The van der Waals surface area contributed by atoms with Gasteiger partial charge in [0.1, 0.15) is 6.61 Å². The van der Waals surface area contributed by atoms with Crippen LogP contribution in [0.4, 0.5) is 4.79 Å². The molecule has 1 aliphatic rings. The van der Waals surface area contributed by atoms with Crippen molar-refractivity contribution < 1.29 is 23.6 Å². The van der Waals surface area contributed by atoms with Gasteiger partial charge in [-0.3, -0.25) is 0 Å². The second-order valence-electron chi connectivity index (χ2n) is 8.33. The van der Waals surface area contributed by atoms with Gasteiger partial charge in [-0.05, 0) is 50.9 Å². The molecule has 1 aromatic carbocycles. The molecular weight excluding hydrogens is 395 g/mol. The lowest BCUT2D eigenvalue weighted by molar-refractivity contribution is 0.00578. The zero-order valence-corrected chi connectivity index (χ0v) is 18.7. The lowest BCUT2D eigenvalue weighted by Crippen LogP contribution is -2.41. The minimum atomic E-state index is -0.632. The molecule has 1 N–H and O–H groups in total. The summed E-state index contributed by atoms with van der Waals surface area (Å²) in [6.07, 6.45) is 1.31. The fourth-order valence-electron chi connectivity index (χ4n) is 2.96. The van der Waals surface area contributed by atoms with Gasteiger partial charge in [-0.2, -0.15) is 0 Å². The number of nitrogens with one attached hydrogen (secondary N) is 1. The monoisotopic (exact) mass is 424 g/mol. The average Bonchev–Trinajstić information content (AvgIpc) is 2.97. The van der Waals surface area contributed by atoms with Gasteiger partial charge in [0.05, 0.1) is 24.0 Å². The maximum atomic E-state index is 12.3. The predicted octanol–water partition coefficient (Wildman–Crippen LogP) is 4.03. The quantitative estimate of drug-likeness (QED) is 0.677. The Balaban J connectivity index is 1.73. The smallest absolute Gasteiger partial charge is 0.481 e. The molecule has 1 amide bonds. The largest absolute Gasteiger partial charge is 0.492 e. The molecule has 0 spiro atoms. The van der Waals surface area contributed by atoms with Gasteiger partial charge < -0.3 is 24.1 Å². The molecule has 2 heterocycles. The molecule has 3 rings (SSSR count). The molecule has 1 aromatic heterocycles. The molecule has 7 nitrogen and oxygen atoms in total. The Bertz CT molecular complexity index is 915. The lowest BCUT2D eigenvalue weighted by atomic mass is 9.77. The van der Waals surface area contributed by atoms with Gasteiger partial charge in [0, 0.05) is 12.6 Å². The van der Waals surface area contributed by atoms with Crippen LogP contribution in [0.1, 0.15) is 39.0 Å². The highest BCUT2D eigenvalue weighted by atomic mass is 16.7. The molecule has 1 fully saturated rings. The van der Waals surface area contributed by atoms with E-state index in [9.17, 15) is 4.79 Å². The van der Waals surface area contributed by atoms with Crippen LogP contribution < -0.4 is 10.1 Å². The number of benzene rings is 1. The van der Waals surface area contributed by atoms with Crippen LogP contribution in [0.25, 0.3) is 6.08 Å². The molecule has 0 bridgehead atoms. The molecule has 0 unspecified atom stereocenters. The third kappa shape index (κ3) is 5.86. The third-order valence-corrected chi connectivity index (χ3v) is 5.49. The van der Waals surface area contributed by atoms with Gasteiger partial charge >= 0.3 is 13.2 Å². The van der Waals surface area contributed by atoms with Crippen LogP contribution in [0.5, 0.6) is 5.88 Å². The van der Waals surface area contributed by atoms with E-state index in [0.717, 1.165) is 11.0 Å². The molecular formula is C23H29BN2O5. The molecule has 0 saturated carbocycles. The van der Waals surface area contributed by atoms with Crippen LogP contribution >= 0.6 is 0 Å². The number of carbonyl (C=O) groups excluding carboxylic acids is 1. The number of amides is 1. The summed E-state index contributed by atoms with van der Waals surface area (Å²) in [5, 5.41) is 2.78. The fraction of sp³-hybridized carbons (Fsp3) is 0.391. The molecule has 1 aliphatic heterocycles. The molecule has 0 atom stereocenters. The molecule has 8 heteroatoms. The molecule has 0 aliphatic carbocycles. The number of hydrogen-bond donors (Lipinski definition) is 1. The van der Waals surface area contributed by atoms with Crippen LogP contribution in [0.3, 0.4) is 0 Å². The SMILES string of the molecule is COc1cccc(C=C(CNC(=O)OCc2ccccc2)B2OC(C)(C)C(C)(C)O2)n1. The predicted molar refractivity (Wildman–Crippen MR) is 119 cm³/mol. The molecule has 2 aromatic rings. The van der Waals surface area contributed by atoms with Crippen LogP contribution in [0.15, 0.2) is 54.0 Å². The first-order chi connectivity index (χ1) is 14.7. The van der Waals surface area contributed by atoms with Gasteiger partial charge in [0.25, 0.3) is 0 Å². The van der Waals surface area contributed by atoms with Crippen molar-refractivity contribution in [3.8, 4) is 5.88 Å². The number of alkyl carbamates (subject to hydrolysis) is 1. The Labute approximate surface area is 183 Å². The van der Waals surface area contributed by atoms with E-state index in [4.69, 9.17) is 18.8 Å². The summed E-state index contributed by atoms with van der Waals surface area (Å²) in [6.45, 7) is 8.31. The van der Waals surface area contributed by atoms with E-state index >= 15 is 0 Å². The number of hydrogen-bond acceptors (Lipinski definition) is 6. The molecule has 1 saturated heterocycles. The van der Waals surface area contributed by atoms with Gasteiger partial charge in [0.2, 0.25) is 5.88 Å². The Morgan fingerprint density at radius 1 is 1.06 bits per heavy atom. The number of rotatable bonds is 7. The maximum absolute atomic E-state index is 12.3. The first-order valence-electron chi connectivity index (χ1n) is 10.2. The highest BCUT2D eigenvalue weighted by Crippen LogP contribution is 2.38. The van der Waals surface area contributed by atoms with Gasteiger partial charge in [-0.15, -0.1) is 0 Å². The van der Waals surface area contributed by atoms with E-state index in [1.54, 1.807) is 13.2 Å². The van der Waals surface area contributed by atoms with Crippen LogP contribution in [-0.2, 0) is 20.7 Å². The standard InChI is InChI=1S/C23H29BN2O5/c1-22(2)23(3,4)31-24(30-22)18(14-19-12-9-13-20(26-19)28-5)15-25-21(27)29-16-17-10-7-6-8-11-17/h6-14H,15-16H2,1-5H3,(H,25,27). The van der Waals surface area contributed by atoms with E-state index in [-0.39, 0.29) is 13.2 Å². The van der Waals surface area contributed by atoms with Crippen molar-refractivity contribution in [3.63, 3.8) is 0 Å². The number of nitrogens with zero attached hydrogens (tertiary/aromatic N) is 1. The summed E-state index contributed by atoms with van der Waals surface area (Å²) in [6, 6.07) is 15.0. The van der Waals surface area contributed by atoms with Crippen LogP contribution in [-0.4, -0.2) is 43.1 Å². The Morgan fingerprint density at radius 3 is 2.39 bits per heavy atom. The van der Waals surface area contributed by atoms with Gasteiger partial charge in [0.15, 0.2) is 0 Å². The fourth-order valence-corrected chi connectivity index (χ4v) is 2.96. The zero-order chi connectivity index (χ0) is 22.5. The summed E-state index contributed by atoms with van der Waals surface area (Å²) in [7, 11) is 0.933. The van der Waals surface area contributed by atoms with E-state index in [2.05, 4.69) is 10.3 Å². The van der Waals surface area contributed by atoms with Crippen molar-refractivity contribution in [3.05, 3.63) is 65.3 Å². The van der Waals surface area contributed by atoms with Crippen molar-refractivity contribution >= 4 is 19.3 Å². The Kier molecular flexibility index (Phi) is 7.03. The highest BCUT2D eigenvalue weighted by Gasteiger charge is 2.52. The first kappa shape index (κ1) is 22.8. The minimum Gasteiger partial charge on any atom is -0.481 e. The number of ether oxygens (including phenoxy) is 2. The summed E-state index contributed by atoms with van der Waals surface area (Å²) in [4.78, 5) is 16.7. The Hall–Kier alpha value is -2.84. The first-order valence-corrected chi connectivity index (χ1v) is 10.2. The summed E-state index contributed by atoms with van der Waals surface area (Å²) in [5.41, 5.74) is 1.29. The van der Waals surface area contributed by atoms with Crippen LogP contribution in [0, 0.1) is 0 Å². The van der Waals surface area contributed by atoms with E-state index in [1.165, 1.54) is 0 Å². The van der Waals surface area contributed by atoms with E-state index < -0.39 is 24.4 Å². The number of aromatic nitrogens is 1. The van der Waals surface area contributed by atoms with Crippen molar-refractivity contribution in [2.24, 2.45) is 0 Å². The molecule has 0 radical (unpaired) electrons. The van der Waals surface area contributed by atoms with E-state index in [0.29, 0.717) is 11.6 Å². The van der Waals surface area contributed by atoms with Crippen molar-refractivity contribution in [2.45, 2.75) is 45.5 Å². The zero-order valence-electron chi connectivity index (χ0n) is 18.7. The highest BCUT2D eigenvalue weighted by molar-refractivity contribution is 6.56. The van der Waals surface area contributed by atoms with Gasteiger partial charge in [-0.1, -0.05) is 36.4 Å². The van der Waals surface area contributed by atoms with Crippen molar-refractivity contribution in [2.75, 3.05) is 13.7 Å². The number of carbonyl (C=O) groups is 1. The normalized spacial score (nSPS) is 17.3. The van der Waals surface area contributed by atoms with Crippen LogP contribution in [0.2, 0.25) is 0 Å². The molecule has 31 heavy (non-hydrogen) atoms. The number of methoxy groups -OCH3 is 1. The summed E-state index contributed by atoms with van der Waals surface area (Å²) >= 11 is 0. The summed E-state index contributed by atoms with van der Waals surface area (Å²) in [5.74, 6) is 0.497. The van der Waals surface area contributed by atoms with E-state index in [1.807, 2.05) is 76.2 Å². The van der Waals surface area contributed by atoms with Crippen molar-refractivity contribution in [1.29, 1.82) is 0 Å². The molecule has 164 valence electrons. The Morgan fingerprint density at radius 2 is 1.74 bits per heavy atom. The van der Waals surface area contributed by atoms with Crippen molar-refractivity contribution in [1.82, 2.24) is 10.3 Å². The maximum Gasteiger partial charge on any atom is 0.492 e. The number of pyridine rings is 1. The van der Waals surface area contributed by atoms with Gasteiger partial charge in [-0.25, -0.2) is 9.78 Å². The second kappa shape index (κ2) is 9.53. The summed E-state index contributed by atoms with van der Waals surface area (Å²) < 4.78 is 22.9. The third-order valence-electron chi connectivity index (χ3n) is 5.49. The lowest BCUT2D eigenvalue weighted by Gasteiger charge is -2.32. The minimum absolute atomic E-state index is 0.184. The average molecular weight is 424 g/mol. The second-order valence-corrected chi connectivity index (χ2v) is 8.33. The topological polar surface area (TPSA) is 78.9 Å².